The number of rotatable bonds is 4. The van der Waals surface area contributed by atoms with Crippen LogP contribution in [0.4, 0.5) is 5.69 Å². The van der Waals surface area contributed by atoms with E-state index in [0.717, 1.165) is 22.7 Å². The molecule has 0 bridgehead atoms. The first-order valence-electron chi connectivity index (χ1n) is 9.11. The molecule has 1 aliphatic rings. The molecule has 0 radical (unpaired) electrons. The molecule has 3 aromatic rings. The minimum Gasteiger partial charge on any atom is -0.283 e. The highest BCUT2D eigenvalue weighted by atomic mass is 32.2. The summed E-state index contributed by atoms with van der Waals surface area (Å²) in [5.74, 6) is -0.181. The highest BCUT2D eigenvalue weighted by Crippen LogP contribution is 2.37. The van der Waals surface area contributed by atoms with E-state index in [9.17, 15) is 13.2 Å². The molecular formula is C21H20N4O3S. The summed E-state index contributed by atoms with van der Waals surface area (Å²) in [4.78, 5) is 16.7. The Bertz CT molecular complexity index is 1230. The average Bonchev–Trinajstić information content (AvgIpc) is 3.12. The van der Waals surface area contributed by atoms with Crippen LogP contribution in [-0.4, -0.2) is 36.3 Å². The van der Waals surface area contributed by atoms with Gasteiger partial charge in [-0.25, -0.2) is 13.4 Å². The molecule has 8 heteroatoms. The first-order valence-corrected chi connectivity index (χ1v) is 11.0. The number of hydrogen-bond acceptors (Lipinski definition) is 5. The summed E-state index contributed by atoms with van der Waals surface area (Å²) in [5, 5.41) is 6.99. The second kappa shape index (κ2) is 7.29. The first-order chi connectivity index (χ1) is 13.8. The standard InChI is InChI=1S/C21H20N4O3S/c1-14(26)25-21(16-11-12-22-18-9-5-3-7-15(16)18)13-20(23-25)17-8-4-6-10-19(17)24-29(2,27)28/h3-12,21,24H,13H2,1-2H3. The SMILES string of the molecule is CC(=O)N1N=C(c2ccccc2NS(C)(=O)=O)CC1c1ccnc2ccccc12. The van der Waals surface area contributed by atoms with E-state index in [0.29, 0.717) is 23.4 Å². The fourth-order valence-electron chi connectivity index (χ4n) is 3.64. The van der Waals surface area contributed by atoms with Crippen LogP contribution in [0.25, 0.3) is 10.9 Å². The van der Waals surface area contributed by atoms with Crippen molar-refractivity contribution < 1.29 is 13.2 Å². The van der Waals surface area contributed by atoms with Crippen molar-refractivity contribution in [1.82, 2.24) is 9.99 Å². The molecule has 1 unspecified atom stereocenters. The number of aromatic nitrogens is 1. The maximum absolute atomic E-state index is 12.3. The van der Waals surface area contributed by atoms with E-state index in [1.54, 1.807) is 24.4 Å². The normalized spacial score (nSPS) is 16.7. The Morgan fingerprint density at radius 2 is 1.83 bits per heavy atom. The summed E-state index contributed by atoms with van der Waals surface area (Å²) >= 11 is 0. The highest BCUT2D eigenvalue weighted by Gasteiger charge is 2.33. The monoisotopic (exact) mass is 408 g/mol. The van der Waals surface area contributed by atoms with E-state index in [2.05, 4.69) is 14.8 Å². The van der Waals surface area contributed by atoms with Gasteiger partial charge in [-0.1, -0.05) is 36.4 Å². The number of nitrogens with zero attached hydrogens (tertiary/aromatic N) is 3. The van der Waals surface area contributed by atoms with Crippen LogP contribution in [-0.2, 0) is 14.8 Å². The molecule has 2 aromatic carbocycles. The van der Waals surface area contributed by atoms with Gasteiger partial charge in [0.1, 0.15) is 0 Å². The van der Waals surface area contributed by atoms with Crippen LogP contribution in [0.5, 0.6) is 0 Å². The van der Waals surface area contributed by atoms with Crippen molar-refractivity contribution in [1.29, 1.82) is 0 Å². The van der Waals surface area contributed by atoms with E-state index in [1.807, 2.05) is 36.4 Å². The minimum absolute atomic E-state index is 0.181. The van der Waals surface area contributed by atoms with Gasteiger partial charge < -0.3 is 0 Å². The number of anilines is 1. The van der Waals surface area contributed by atoms with Gasteiger partial charge in [-0.3, -0.25) is 14.5 Å². The van der Waals surface area contributed by atoms with Crippen molar-refractivity contribution in [2.24, 2.45) is 5.10 Å². The maximum atomic E-state index is 12.3. The minimum atomic E-state index is -3.45. The van der Waals surface area contributed by atoms with Crippen LogP contribution in [0.3, 0.4) is 0 Å². The van der Waals surface area contributed by atoms with E-state index in [-0.39, 0.29) is 11.9 Å². The molecule has 4 rings (SSSR count). The number of carbonyl (C=O) groups excluding carboxylic acids is 1. The van der Waals surface area contributed by atoms with Gasteiger partial charge in [-0.05, 0) is 23.8 Å². The van der Waals surface area contributed by atoms with Crippen molar-refractivity contribution in [3.8, 4) is 0 Å². The Kier molecular flexibility index (Phi) is 4.79. The number of nitrogens with one attached hydrogen (secondary N) is 1. The number of hydrazone groups is 1. The molecule has 1 aliphatic heterocycles. The molecule has 2 heterocycles. The summed E-state index contributed by atoms with van der Waals surface area (Å²) in [7, 11) is -3.45. The number of carbonyl (C=O) groups is 1. The second-order valence-electron chi connectivity index (χ2n) is 6.97. The van der Waals surface area contributed by atoms with E-state index < -0.39 is 10.0 Å². The lowest BCUT2D eigenvalue weighted by Gasteiger charge is -2.21. The first kappa shape index (κ1) is 19.1. The molecule has 29 heavy (non-hydrogen) atoms. The number of para-hydroxylation sites is 2. The summed E-state index contributed by atoms with van der Waals surface area (Å²) in [6.45, 7) is 1.48. The van der Waals surface area contributed by atoms with Crippen LogP contribution in [0.15, 0.2) is 65.9 Å². The summed E-state index contributed by atoms with van der Waals surface area (Å²) in [6.07, 6.45) is 3.30. The number of fused-ring (bicyclic) bond motifs is 1. The fraction of sp³-hybridized carbons (Fsp3) is 0.190. The molecule has 0 fully saturated rings. The van der Waals surface area contributed by atoms with Crippen LogP contribution < -0.4 is 4.72 Å². The van der Waals surface area contributed by atoms with Crippen molar-refractivity contribution in [3.05, 3.63) is 71.9 Å². The van der Waals surface area contributed by atoms with Crippen molar-refractivity contribution in [2.45, 2.75) is 19.4 Å². The molecule has 1 amide bonds. The van der Waals surface area contributed by atoms with E-state index >= 15 is 0 Å². The van der Waals surface area contributed by atoms with Gasteiger partial charge >= 0.3 is 0 Å². The molecule has 7 nitrogen and oxygen atoms in total. The number of amides is 1. The van der Waals surface area contributed by atoms with E-state index in [1.165, 1.54) is 11.9 Å². The Morgan fingerprint density at radius 3 is 2.59 bits per heavy atom. The topological polar surface area (TPSA) is 91.7 Å². The predicted octanol–water partition coefficient (Wildman–Crippen LogP) is 3.30. The Hall–Kier alpha value is -3.26. The molecule has 0 saturated heterocycles. The lowest BCUT2D eigenvalue weighted by atomic mass is 9.95. The summed E-state index contributed by atoms with van der Waals surface area (Å²) < 4.78 is 26.0. The lowest BCUT2D eigenvalue weighted by molar-refractivity contribution is -0.130. The molecule has 1 N–H and O–H groups in total. The number of benzene rings is 2. The third kappa shape index (κ3) is 3.84. The number of hydrogen-bond donors (Lipinski definition) is 1. The van der Waals surface area contributed by atoms with Gasteiger partial charge in [0.15, 0.2) is 0 Å². The molecule has 0 spiro atoms. The Morgan fingerprint density at radius 1 is 1.10 bits per heavy atom. The van der Waals surface area contributed by atoms with Crippen molar-refractivity contribution >= 4 is 38.2 Å². The second-order valence-corrected chi connectivity index (χ2v) is 8.72. The summed E-state index contributed by atoms with van der Waals surface area (Å²) in [5.41, 5.74) is 3.56. The highest BCUT2D eigenvalue weighted by molar-refractivity contribution is 7.92. The molecule has 1 aromatic heterocycles. The van der Waals surface area contributed by atoms with Crippen LogP contribution in [0.2, 0.25) is 0 Å². The Balaban J connectivity index is 1.78. The Labute approximate surface area is 169 Å². The molecular weight excluding hydrogens is 388 g/mol. The van der Waals surface area contributed by atoms with Crippen LogP contribution in [0.1, 0.15) is 30.5 Å². The van der Waals surface area contributed by atoms with Gasteiger partial charge in [0.25, 0.3) is 0 Å². The maximum Gasteiger partial charge on any atom is 0.240 e. The molecule has 0 aliphatic carbocycles. The zero-order chi connectivity index (χ0) is 20.6. The van der Waals surface area contributed by atoms with Gasteiger partial charge in [0, 0.05) is 30.5 Å². The van der Waals surface area contributed by atoms with Gasteiger partial charge in [-0.15, -0.1) is 0 Å². The third-order valence-electron chi connectivity index (χ3n) is 4.81. The average molecular weight is 408 g/mol. The number of sulfonamides is 1. The lowest BCUT2D eigenvalue weighted by Crippen LogP contribution is -2.24. The van der Waals surface area contributed by atoms with Crippen LogP contribution >= 0.6 is 0 Å². The summed E-state index contributed by atoms with van der Waals surface area (Å²) in [6, 6.07) is 16.4. The smallest absolute Gasteiger partial charge is 0.240 e. The molecule has 1 atom stereocenters. The van der Waals surface area contributed by atoms with Gasteiger partial charge in [0.05, 0.1) is 29.2 Å². The fourth-order valence-corrected chi connectivity index (χ4v) is 4.22. The third-order valence-corrected chi connectivity index (χ3v) is 5.40. The van der Waals surface area contributed by atoms with Gasteiger partial charge in [-0.2, -0.15) is 5.10 Å². The molecule has 148 valence electrons. The molecule has 0 saturated carbocycles. The largest absolute Gasteiger partial charge is 0.283 e. The zero-order valence-corrected chi connectivity index (χ0v) is 16.8. The van der Waals surface area contributed by atoms with Crippen molar-refractivity contribution in [3.63, 3.8) is 0 Å². The number of pyridine rings is 1. The quantitative estimate of drug-likeness (QED) is 0.717. The van der Waals surface area contributed by atoms with E-state index in [4.69, 9.17) is 0 Å². The predicted molar refractivity (Wildman–Crippen MR) is 113 cm³/mol. The van der Waals surface area contributed by atoms with Crippen molar-refractivity contribution in [2.75, 3.05) is 11.0 Å². The van der Waals surface area contributed by atoms with Crippen LogP contribution in [0, 0.1) is 0 Å². The zero-order valence-electron chi connectivity index (χ0n) is 16.0. The van der Waals surface area contributed by atoms with Gasteiger partial charge in [0.2, 0.25) is 15.9 Å².